The molecule has 5 rings (SSSR count). The van der Waals surface area contributed by atoms with E-state index in [1.807, 2.05) is 60.7 Å². The maximum Gasteiger partial charge on any atom is 0.405 e. The Bertz CT molecular complexity index is 1340. The SMILES string of the molecule is N#CCCCCN1C(=O)COc2nc(-c3ccc(C4(NC(=O)O)CCC4)cc3)c(-c3ccccc3)cc21. The summed E-state index contributed by atoms with van der Waals surface area (Å²) in [5.74, 6) is 0.278. The predicted molar refractivity (Wildman–Crippen MR) is 139 cm³/mol. The standard InChI is InChI=1S/C29H28N4O4/c30-16-5-2-6-17-33-24-18-23(20-8-3-1-4-9-20)26(31-27(24)37-19-25(33)34)21-10-12-22(13-11-21)29(14-7-15-29)32-28(35)36/h1,3-4,8-13,18,32H,2,5-7,14-15,17,19H2,(H,35,36). The molecule has 3 aromatic rings. The van der Waals surface area contributed by atoms with E-state index in [2.05, 4.69) is 11.4 Å². The van der Waals surface area contributed by atoms with Crippen molar-refractivity contribution >= 4 is 17.7 Å². The van der Waals surface area contributed by atoms with Gasteiger partial charge in [0.2, 0.25) is 5.88 Å². The van der Waals surface area contributed by atoms with Gasteiger partial charge in [0.1, 0.15) is 5.69 Å². The number of benzene rings is 2. The summed E-state index contributed by atoms with van der Waals surface area (Å²) in [7, 11) is 0. The van der Waals surface area contributed by atoms with Gasteiger partial charge in [-0.1, -0.05) is 54.6 Å². The number of carbonyl (C=O) groups excluding carboxylic acids is 1. The number of pyridine rings is 1. The fraction of sp³-hybridized carbons (Fsp3) is 0.310. The summed E-state index contributed by atoms with van der Waals surface area (Å²) in [5.41, 5.74) is 4.46. The number of nitrogens with one attached hydrogen (secondary N) is 1. The number of hydrogen-bond acceptors (Lipinski definition) is 5. The molecular formula is C29H28N4O4. The third-order valence-corrected chi connectivity index (χ3v) is 7.16. The molecule has 0 spiro atoms. The van der Waals surface area contributed by atoms with E-state index < -0.39 is 11.6 Å². The van der Waals surface area contributed by atoms with Crippen LogP contribution in [0.15, 0.2) is 60.7 Å². The first-order chi connectivity index (χ1) is 18.0. The molecule has 0 unspecified atom stereocenters. The molecule has 188 valence electrons. The Morgan fingerprint density at radius 3 is 2.51 bits per heavy atom. The molecular weight excluding hydrogens is 468 g/mol. The monoisotopic (exact) mass is 496 g/mol. The molecule has 1 aliphatic heterocycles. The van der Waals surface area contributed by atoms with Gasteiger partial charge in [-0.15, -0.1) is 0 Å². The summed E-state index contributed by atoms with van der Waals surface area (Å²) in [6.45, 7) is 0.421. The first-order valence-electron chi connectivity index (χ1n) is 12.5. The molecule has 2 aliphatic rings. The second-order valence-electron chi connectivity index (χ2n) is 9.47. The number of hydrogen-bond donors (Lipinski definition) is 2. The van der Waals surface area contributed by atoms with E-state index in [4.69, 9.17) is 15.0 Å². The Morgan fingerprint density at radius 1 is 1.11 bits per heavy atom. The minimum Gasteiger partial charge on any atom is -0.466 e. The highest BCUT2D eigenvalue weighted by molar-refractivity contribution is 5.99. The van der Waals surface area contributed by atoms with Crippen LogP contribution < -0.4 is 15.0 Å². The maximum absolute atomic E-state index is 12.7. The molecule has 2 N–H and O–H groups in total. The third-order valence-electron chi connectivity index (χ3n) is 7.16. The van der Waals surface area contributed by atoms with Gasteiger partial charge in [0.25, 0.3) is 5.91 Å². The number of anilines is 1. The van der Waals surface area contributed by atoms with Crippen molar-refractivity contribution in [3.05, 3.63) is 66.2 Å². The smallest absolute Gasteiger partial charge is 0.405 e. The summed E-state index contributed by atoms with van der Waals surface area (Å²) in [4.78, 5) is 30.7. The highest BCUT2D eigenvalue weighted by Gasteiger charge is 2.40. The number of nitrogens with zero attached hydrogens (tertiary/aromatic N) is 3. The van der Waals surface area contributed by atoms with Crippen molar-refractivity contribution < 1.29 is 19.4 Å². The van der Waals surface area contributed by atoms with Crippen LogP contribution in [0.25, 0.3) is 22.4 Å². The van der Waals surface area contributed by atoms with Crippen LogP contribution in [0.5, 0.6) is 5.88 Å². The average Bonchev–Trinajstić information content (AvgIpc) is 2.89. The lowest BCUT2D eigenvalue weighted by Gasteiger charge is -2.42. The highest BCUT2D eigenvalue weighted by atomic mass is 16.5. The largest absolute Gasteiger partial charge is 0.466 e. The van der Waals surface area contributed by atoms with E-state index in [1.165, 1.54) is 0 Å². The number of amides is 2. The topological polar surface area (TPSA) is 116 Å². The van der Waals surface area contributed by atoms with Gasteiger partial charge in [-0.2, -0.15) is 5.26 Å². The molecule has 0 atom stereocenters. The zero-order valence-corrected chi connectivity index (χ0v) is 20.4. The lowest BCUT2D eigenvalue weighted by molar-refractivity contribution is -0.121. The van der Waals surface area contributed by atoms with Gasteiger partial charge in [-0.05, 0) is 49.3 Å². The number of carboxylic acid groups (broad SMARTS) is 1. The van der Waals surface area contributed by atoms with Crippen LogP contribution in [0.2, 0.25) is 0 Å². The molecule has 1 saturated carbocycles. The van der Waals surface area contributed by atoms with Crippen LogP contribution in [-0.4, -0.2) is 35.2 Å². The first-order valence-corrected chi connectivity index (χ1v) is 12.5. The normalized spacial score (nSPS) is 15.6. The molecule has 0 saturated heterocycles. The second-order valence-corrected chi connectivity index (χ2v) is 9.47. The predicted octanol–water partition coefficient (Wildman–Crippen LogP) is 5.48. The molecule has 0 radical (unpaired) electrons. The average molecular weight is 497 g/mol. The molecule has 0 bridgehead atoms. The van der Waals surface area contributed by atoms with Crippen molar-refractivity contribution in [3.8, 4) is 34.3 Å². The van der Waals surface area contributed by atoms with Crippen LogP contribution >= 0.6 is 0 Å². The van der Waals surface area contributed by atoms with Crippen LogP contribution in [0.4, 0.5) is 10.5 Å². The molecule has 8 heteroatoms. The van der Waals surface area contributed by atoms with Gasteiger partial charge in [-0.3, -0.25) is 4.79 Å². The van der Waals surface area contributed by atoms with Gasteiger partial charge < -0.3 is 20.1 Å². The minimum absolute atomic E-state index is 0.0787. The van der Waals surface area contributed by atoms with Crippen LogP contribution in [0.1, 0.15) is 44.1 Å². The zero-order valence-electron chi connectivity index (χ0n) is 20.4. The van der Waals surface area contributed by atoms with Crippen molar-refractivity contribution in [3.63, 3.8) is 0 Å². The van der Waals surface area contributed by atoms with E-state index in [0.717, 1.165) is 60.1 Å². The van der Waals surface area contributed by atoms with Gasteiger partial charge in [0.15, 0.2) is 6.61 Å². The number of unbranched alkanes of at least 4 members (excludes halogenated alkanes) is 2. The fourth-order valence-electron chi connectivity index (χ4n) is 5.07. The van der Waals surface area contributed by atoms with Crippen molar-refractivity contribution in [2.75, 3.05) is 18.1 Å². The molecule has 2 aromatic carbocycles. The fourth-order valence-corrected chi connectivity index (χ4v) is 5.07. The van der Waals surface area contributed by atoms with E-state index in [1.54, 1.807) is 4.90 Å². The molecule has 2 amide bonds. The summed E-state index contributed by atoms with van der Waals surface area (Å²) in [5, 5.41) is 20.9. The molecule has 1 aliphatic carbocycles. The third kappa shape index (κ3) is 4.85. The first kappa shape index (κ1) is 24.3. The van der Waals surface area contributed by atoms with E-state index in [9.17, 15) is 14.7 Å². The Labute approximate surface area is 215 Å². The van der Waals surface area contributed by atoms with E-state index in [-0.39, 0.29) is 12.5 Å². The van der Waals surface area contributed by atoms with Crippen LogP contribution in [-0.2, 0) is 10.3 Å². The number of carbonyl (C=O) groups is 2. The number of fused-ring (bicyclic) bond motifs is 1. The van der Waals surface area contributed by atoms with Gasteiger partial charge in [-0.25, -0.2) is 9.78 Å². The van der Waals surface area contributed by atoms with Crippen molar-refractivity contribution in [1.82, 2.24) is 10.3 Å². The number of ether oxygens (including phenoxy) is 1. The highest BCUT2D eigenvalue weighted by Crippen LogP contribution is 2.43. The number of nitriles is 1. The summed E-state index contributed by atoms with van der Waals surface area (Å²) in [6, 6.07) is 21.8. The van der Waals surface area contributed by atoms with Gasteiger partial charge in [0.05, 0.1) is 17.3 Å². The van der Waals surface area contributed by atoms with Gasteiger partial charge >= 0.3 is 6.09 Å². The molecule has 37 heavy (non-hydrogen) atoms. The number of rotatable bonds is 8. The van der Waals surface area contributed by atoms with Gasteiger partial charge in [0, 0.05) is 24.1 Å². The Balaban J connectivity index is 1.54. The lowest BCUT2D eigenvalue weighted by Crippen LogP contribution is -2.50. The molecule has 8 nitrogen and oxygen atoms in total. The van der Waals surface area contributed by atoms with E-state index in [0.29, 0.717) is 24.5 Å². The van der Waals surface area contributed by atoms with Crippen LogP contribution in [0.3, 0.4) is 0 Å². The summed E-state index contributed by atoms with van der Waals surface area (Å²) in [6.07, 6.45) is 3.41. The lowest BCUT2D eigenvalue weighted by atomic mass is 9.71. The Kier molecular flexibility index (Phi) is 6.78. The second kappa shape index (κ2) is 10.3. The molecule has 1 fully saturated rings. The van der Waals surface area contributed by atoms with Crippen molar-refractivity contribution in [1.29, 1.82) is 5.26 Å². The molecule has 1 aromatic heterocycles. The summed E-state index contributed by atoms with van der Waals surface area (Å²) >= 11 is 0. The quantitative estimate of drug-likeness (QED) is 0.399. The van der Waals surface area contributed by atoms with Crippen LogP contribution in [0, 0.1) is 11.3 Å². The Hall–Kier alpha value is -4.38. The molecule has 2 heterocycles. The zero-order chi connectivity index (χ0) is 25.8. The van der Waals surface area contributed by atoms with Crippen molar-refractivity contribution in [2.45, 2.75) is 44.1 Å². The van der Waals surface area contributed by atoms with Crippen molar-refractivity contribution in [2.24, 2.45) is 0 Å². The minimum atomic E-state index is -1.02. The summed E-state index contributed by atoms with van der Waals surface area (Å²) < 4.78 is 5.76. The number of aromatic nitrogens is 1. The maximum atomic E-state index is 12.7. The Morgan fingerprint density at radius 2 is 1.86 bits per heavy atom. The van der Waals surface area contributed by atoms with E-state index >= 15 is 0 Å².